The first-order chi connectivity index (χ1) is 3.83. The fourth-order valence-electron chi connectivity index (χ4n) is 0.689. The molecule has 1 aromatic rings. The van der Waals surface area contributed by atoms with Crippen LogP contribution in [-0.4, -0.2) is 4.57 Å². The summed E-state index contributed by atoms with van der Waals surface area (Å²) in [6.07, 6.45) is 6.14. The molecule has 1 radical (unpaired) electrons. The van der Waals surface area contributed by atoms with Gasteiger partial charge in [-0.1, -0.05) is 0 Å². The molecule has 0 aliphatic carbocycles. The third-order valence-corrected chi connectivity index (χ3v) is 1.19. The van der Waals surface area contributed by atoms with Crippen molar-refractivity contribution in [3.05, 3.63) is 18.7 Å². The van der Waals surface area contributed by atoms with Gasteiger partial charge in [-0.2, -0.15) is 0 Å². The molecule has 1 aromatic heterocycles. The van der Waals surface area contributed by atoms with Crippen LogP contribution in [0.2, 0.25) is 0 Å². The van der Waals surface area contributed by atoms with Gasteiger partial charge < -0.3 is 49.6 Å². The van der Waals surface area contributed by atoms with E-state index in [1.807, 2.05) is 17.8 Å². The molecule has 0 atom stereocenters. The van der Waals surface area contributed by atoms with Crippen molar-refractivity contribution in [3.63, 3.8) is 0 Å². The molecule has 0 fully saturated rings. The molecule has 7 heteroatoms. The third-order valence-electron chi connectivity index (χ3n) is 1.19. The van der Waals surface area contributed by atoms with Gasteiger partial charge in [0.1, 0.15) is 12.4 Å². The van der Waals surface area contributed by atoms with Gasteiger partial charge in [0, 0.05) is 0 Å². The minimum atomic E-state index is 0. The second-order valence-corrected chi connectivity index (χ2v) is 1.91. The minimum Gasteiger partial charge on any atom is -1.00 e. The van der Waals surface area contributed by atoms with Gasteiger partial charge in [0.25, 0.3) is 0 Å². The molecule has 0 saturated carbocycles. The van der Waals surface area contributed by atoms with Crippen LogP contribution in [0.15, 0.2) is 18.7 Å². The van der Waals surface area contributed by atoms with Gasteiger partial charge in [0.15, 0.2) is 0 Å². The maximum Gasteiger partial charge on any atom is 3.00 e. The van der Waals surface area contributed by atoms with Crippen molar-refractivity contribution >= 4 is 0 Å². The van der Waals surface area contributed by atoms with E-state index in [1.54, 1.807) is 0 Å². The minimum absolute atomic E-state index is 0. The van der Waals surface area contributed by atoms with Gasteiger partial charge in [-0.3, -0.25) is 0 Å². The maximum atomic E-state index is 2.12. The first-order valence-electron chi connectivity index (χ1n) is 2.84. The SMILES string of the molecule is CC[n+]1ccn(C)c1.[Cl-].[Cl-].[Cl-].[Cl-].[Fe+3]. The quantitative estimate of drug-likeness (QED) is 0.360. The van der Waals surface area contributed by atoms with Crippen molar-refractivity contribution in [3.8, 4) is 0 Å². The van der Waals surface area contributed by atoms with Gasteiger partial charge in [-0.05, 0) is 6.92 Å². The number of aromatic nitrogens is 2. The molecule has 0 unspecified atom stereocenters. The molecule has 13 heavy (non-hydrogen) atoms. The second-order valence-electron chi connectivity index (χ2n) is 1.91. The standard InChI is InChI=1S/C6H11N2.4ClH.Fe/c1-3-8-5-4-7(2)6-8;;;;;/h4-6H,3H2,1-2H3;4*1H;/q+1;;;;;+3/p-4. The molecule has 2 nitrogen and oxygen atoms in total. The summed E-state index contributed by atoms with van der Waals surface area (Å²) in [7, 11) is 2.02. The average molecular weight is 309 g/mol. The summed E-state index contributed by atoms with van der Waals surface area (Å²) in [5.41, 5.74) is 0. The Kier molecular flexibility index (Phi) is 34.5. The number of nitrogens with zero attached hydrogens (tertiary/aromatic N) is 2. The van der Waals surface area contributed by atoms with Crippen LogP contribution in [-0.2, 0) is 30.7 Å². The number of hydrogen-bond acceptors (Lipinski definition) is 0. The van der Waals surface area contributed by atoms with Crippen LogP contribution >= 0.6 is 0 Å². The van der Waals surface area contributed by atoms with Crippen molar-refractivity contribution in [1.29, 1.82) is 0 Å². The van der Waals surface area contributed by atoms with E-state index in [4.69, 9.17) is 0 Å². The fourth-order valence-corrected chi connectivity index (χ4v) is 0.689. The van der Waals surface area contributed by atoms with E-state index in [-0.39, 0.29) is 66.7 Å². The Labute approximate surface area is 115 Å². The van der Waals surface area contributed by atoms with Crippen LogP contribution in [0.25, 0.3) is 0 Å². The van der Waals surface area contributed by atoms with Crippen LogP contribution in [0.4, 0.5) is 0 Å². The summed E-state index contributed by atoms with van der Waals surface area (Å²) in [5, 5.41) is 0. The Hall–Kier alpha value is 0.889. The fraction of sp³-hybridized carbons (Fsp3) is 0.500. The van der Waals surface area contributed by atoms with Crippen molar-refractivity contribution < 1.29 is 71.3 Å². The molecule has 0 N–H and O–H groups in total. The number of hydrogen-bond donors (Lipinski definition) is 0. The van der Waals surface area contributed by atoms with Crippen LogP contribution in [0.3, 0.4) is 0 Å². The van der Waals surface area contributed by atoms with Gasteiger partial charge in [-0.25, -0.2) is 9.13 Å². The molecule has 0 aliphatic rings. The number of halogens is 4. The van der Waals surface area contributed by atoms with Crippen molar-refractivity contribution in [2.75, 3.05) is 0 Å². The zero-order valence-corrected chi connectivity index (χ0v) is 11.3. The summed E-state index contributed by atoms with van der Waals surface area (Å²) in [5.74, 6) is 0. The van der Waals surface area contributed by atoms with E-state index in [2.05, 4.69) is 24.0 Å². The van der Waals surface area contributed by atoms with E-state index in [9.17, 15) is 0 Å². The van der Waals surface area contributed by atoms with E-state index >= 15 is 0 Å². The maximum absolute atomic E-state index is 2.12. The van der Waals surface area contributed by atoms with Crippen molar-refractivity contribution in [1.82, 2.24) is 4.57 Å². The number of rotatable bonds is 1. The molecule has 1 rings (SSSR count). The average Bonchev–Trinajstić information content (AvgIpc) is 2.14. The van der Waals surface area contributed by atoms with E-state index < -0.39 is 0 Å². The molecule has 0 aliphatic heterocycles. The van der Waals surface area contributed by atoms with Crippen molar-refractivity contribution in [2.24, 2.45) is 7.05 Å². The molecule has 0 aromatic carbocycles. The summed E-state index contributed by atoms with van der Waals surface area (Å²) in [6, 6.07) is 0. The molecular formula is C6H11Cl4FeN2. The topological polar surface area (TPSA) is 8.81 Å². The molecule has 0 bridgehead atoms. The van der Waals surface area contributed by atoms with Crippen molar-refractivity contribution in [2.45, 2.75) is 13.5 Å². The Morgan fingerprint density at radius 3 is 1.77 bits per heavy atom. The number of aryl methyl sites for hydroxylation is 2. The summed E-state index contributed by atoms with van der Waals surface area (Å²) in [6.45, 7) is 3.18. The predicted molar refractivity (Wildman–Crippen MR) is 31.3 cm³/mol. The van der Waals surface area contributed by atoms with Gasteiger partial charge >= 0.3 is 17.1 Å². The molecule has 1 heterocycles. The molecule has 0 saturated heterocycles. The van der Waals surface area contributed by atoms with E-state index in [0.717, 1.165) is 6.54 Å². The zero-order valence-electron chi connectivity index (χ0n) is 7.20. The first-order valence-corrected chi connectivity index (χ1v) is 2.84. The van der Waals surface area contributed by atoms with Gasteiger partial charge in [-0.15, -0.1) is 0 Å². The Balaban J connectivity index is -0.0000000427. The third kappa shape index (κ3) is 10.8. The summed E-state index contributed by atoms with van der Waals surface area (Å²) in [4.78, 5) is 0. The molecular weight excluding hydrogens is 298 g/mol. The number of imidazole rings is 1. The predicted octanol–water partition coefficient (Wildman–Crippen LogP) is -11.7. The van der Waals surface area contributed by atoms with E-state index in [1.165, 1.54) is 0 Å². The largest absolute Gasteiger partial charge is 3.00 e. The second kappa shape index (κ2) is 15.4. The summed E-state index contributed by atoms with van der Waals surface area (Å²) < 4.78 is 4.16. The molecule has 0 amide bonds. The van der Waals surface area contributed by atoms with E-state index in [0.29, 0.717) is 0 Å². The van der Waals surface area contributed by atoms with Crippen LogP contribution < -0.4 is 54.2 Å². The monoisotopic (exact) mass is 307 g/mol. The van der Waals surface area contributed by atoms with Crippen LogP contribution in [0, 0.1) is 0 Å². The Bertz CT molecular complexity index is 183. The first kappa shape index (κ1) is 29.2. The van der Waals surface area contributed by atoms with Gasteiger partial charge in [0.05, 0.1) is 13.6 Å². The smallest absolute Gasteiger partial charge is 1.00 e. The zero-order chi connectivity index (χ0) is 5.98. The van der Waals surface area contributed by atoms with Crippen LogP contribution in [0.1, 0.15) is 6.92 Å². The summed E-state index contributed by atoms with van der Waals surface area (Å²) >= 11 is 0. The van der Waals surface area contributed by atoms with Gasteiger partial charge in [0.2, 0.25) is 6.33 Å². The molecule has 81 valence electrons. The Morgan fingerprint density at radius 1 is 1.15 bits per heavy atom. The molecule has 0 spiro atoms. The Morgan fingerprint density at radius 2 is 1.62 bits per heavy atom. The normalized spacial score (nSPS) is 6.00. The van der Waals surface area contributed by atoms with Crippen LogP contribution in [0.5, 0.6) is 0 Å².